The van der Waals surface area contributed by atoms with Crippen LogP contribution >= 0.6 is 0 Å². The van der Waals surface area contributed by atoms with E-state index in [1.807, 2.05) is 18.2 Å². The van der Waals surface area contributed by atoms with Gasteiger partial charge in [0.25, 0.3) is 0 Å². The molecule has 0 aromatic heterocycles. The van der Waals surface area contributed by atoms with Crippen molar-refractivity contribution in [3.8, 4) is 11.5 Å². The molecule has 1 aliphatic heterocycles. The molecule has 0 unspecified atom stereocenters. The van der Waals surface area contributed by atoms with Crippen molar-refractivity contribution in [2.45, 2.75) is 20.8 Å². The number of rotatable bonds is 10. The Morgan fingerprint density at radius 3 is 1.73 bits per heavy atom. The van der Waals surface area contributed by atoms with Crippen LogP contribution in [0, 0.1) is 20.8 Å². The van der Waals surface area contributed by atoms with Crippen molar-refractivity contribution in [3.05, 3.63) is 47.0 Å². The third kappa shape index (κ3) is 5.18. The van der Waals surface area contributed by atoms with E-state index in [4.69, 9.17) is 18.9 Å². The number of hydrogen-bond donors (Lipinski definition) is 0. The normalized spacial score (nSPS) is 13.8. The Hall–Kier alpha value is -2.44. The highest BCUT2D eigenvalue weighted by atomic mass is 16.5. The van der Waals surface area contributed by atoms with Gasteiger partial charge in [0.1, 0.15) is 30.4 Å². The molecule has 164 valence electrons. The molecule has 1 aliphatic rings. The van der Waals surface area contributed by atoms with Crippen LogP contribution in [0.1, 0.15) is 16.7 Å². The van der Waals surface area contributed by atoms with E-state index in [1.165, 1.54) is 22.4 Å². The molecular weight excluding hydrogens is 380 g/mol. The van der Waals surface area contributed by atoms with Crippen LogP contribution in [0.4, 0.5) is 11.4 Å². The third-order valence-electron chi connectivity index (χ3n) is 5.30. The fraction of sp³-hybridized carbons (Fsp3) is 0.500. The molecule has 0 bridgehead atoms. The summed E-state index contributed by atoms with van der Waals surface area (Å²) in [6, 6.07) is 10.5. The summed E-state index contributed by atoms with van der Waals surface area (Å²) < 4.78 is 22.4. The van der Waals surface area contributed by atoms with Crippen LogP contribution in [-0.4, -0.2) is 60.4 Å². The molecule has 1 fully saturated rings. The molecule has 0 spiro atoms. The second kappa shape index (κ2) is 10.5. The summed E-state index contributed by atoms with van der Waals surface area (Å²) in [5, 5.41) is 0. The lowest BCUT2D eigenvalue weighted by molar-refractivity contribution is 0.143. The summed E-state index contributed by atoms with van der Waals surface area (Å²) in [5.41, 5.74) is 6.25. The van der Waals surface area contributed by atoms with Crippen molar-refractivity contribution < 1.29 is 18.9 Å². The number of methoxy groups -OCH3 is 2. The summed E-state index contributed by atoms with van der Waals surface area (Å²) in [5.74, 6) is 1.64. The van der Waals surface area contributed by atoms with Crippen LogP contribution in [0.25, 0.3) is 0 Å². The van der Waals surface area contributed by atoms with Crippen LogP contribution in [0.5, 0.6) is 11.5 Å². The maximum absolute atomic E-state index is 6.04. The van der Waals surface area contributed by atoms with E-state index in [2.05, 4.69) is 42.7 Å². The van der Waals surface area contributed by atoms with Crippen LogP contribution in [0.15, 0.2) is 30.3 Å². The second-order valence-electron chi connectivity index (χ2n) is 7.70. The highest BCUT2D eigenvalue weighted by Gasteiger charge is 2.27. The highest BCUT2D eigenvalue weighted by molar-refractivity contribution is 5.71. The molecule has 2 aromatic carbocycles. The zero-order chi connectivity index (χ0) is 21.5. The van der Waals surface area contributed by atoms with Gasteiger partial charge in [0.2, 0.25) is 0 Å². The minimum atomic E-state index is 0.499. The Morgan fingerprint density at radius 2 is 1.23 bits per heavy atom. The van der Waals surface area contributed by atoms with Gasteiger partial charge in [-0.25, -0.2) is 0 Å². The van der Waals surface area contributed by atoms with Crippen molar-refractivity contribution in [2.75, 3.05) is 70.2 Å². The van der Waals surface area contributed by atoms with E-state index in [0.717, 1.165) is 36.9 Å². The molecule has 2 aromatic rings. The quantitative estimate of drug-likeness (QED) is 0.549. The summed E-state index contributed by atoms with van der Waals surface area (Å²) >= 11 is 0. The zero-order valence-electron chi connectivity index (χ0n) is 18.9. The maximum atomic E-state index is 6.04. The number of para-hydroxylation sites is 1. The smallest absolute Gasteiger partial charge is 0.146 e. The fourth-order valence-electron chi connectivity index (χ4n) is 4.14. The molecule has 3 rings (SSSR count). The molecule has 0 atom stereocenters. The first-order valence-corrected chi connectivity index (χ1v) is 10.5. The lowest BCUT2D eigenvalue weighted by Crippen LogP contribution is -2.27. The van der Waals surface area contributed by atoms with Gasteiger partial charge in [0, 0.05) is 33.0 Å². The van der Waals surface area contributed by atoms with Crippen molar-refractivity contribution >= 4 is 11.4 Å². The first-order valence-electron chi connectivity index (χ1n) is 10.5. The van der Waals surface area contributed by atoms with Crippen LogP contribution in [0.2, 0.25) is 0 Å². The van der Waals surface area contributed by atoms with Crippen LogP contribution in [0.3, 0.4) is 0 Å². The van der Waals surface area contributed by atoms with Gasteiger partial charge in [-0.2, -0.15) is 0 Å². The highest BCUT2D eigenvalue weighted by Crippen LogP contribution is 2.40. The van der Waals surface area contributed by atoms with Gasteiger partial charge in [-0.3, -0.25) is 0 Å². The molecule has 30 heavy (non-hydrogen) atoms. The molecular formula is C24H34N2O4. The first kappa shape index (κ1) is 22.2. The van der Waals surface area contributed by atoms with E-state index < -0.39 is 0 Å². The van der Waals surface area contributed by atoms with E-state index in [-0.39, 0.29) is 0 Å². The van der Waals surface area contributed by atoms with E-state index >= 15 is 0 Å². The second-order valence-corrected chi connectivity index (χ2v) is 7.70. The van der Waals surface area contributed by atoms with Crippen molar-refractivity contribution in [3.63, 3.8) is 0 Å². The molecule has 6 nitrogen and oxygen atoms in total. The van der Waals surface area contributed by atoms with Gasteiger partial charge in [0.15, 0.2) is 0 Å². The average Bonchev–Trinajstić information content (AvgIpc) is 3.17. The van der Waals surface area contributed by atoms with Gasteiger partial charge in [-0.1, -0.05) is 23.8 Å². The van der Waals surface area contributed by atoms with Crippen LogP contribution in [-0.2, 0) is 9.47 Å². The molecule has 1 heterocycles. The Labute approximate surface area is 180 Å². The maximum Gasteiger partial charge on any atom is 0.146 e. The Bertz CT molecular complexity index is 789. The Balaban J connectivity index is 1.86. The van der Waals surface area contributed by atoms with Gasteiger partial charge >= 0.3 is 0 Å². The minimum Gasteiger partial charge on any atom is -0.489 e. The van der Waals surface area contributed by atoms with E-state index in [1.54, 1.807) is 14.2 Å². The number of ether oxygens (including phenoxy) is 4. The number of aryl methyl sites for hydroxylation is 3. The molecule has 0 radical (unpaired) electrons. The van der Waals surface area contributed by atoms with Gasteiger partial charge in [-0.15, -0.1) is 0 Å². The monoisotopic (exact) mass is 414 g/mol. The minimum absolute atomic E-state index is 0.499. The largest absolute Gasteiger partial charge is 0.489 e. The summed E-state index contributed by atoms with van der Waals surface area (Å²) in [4.78, 5) is 4.78. The number of anilines is 2. The Morgan fingerprint density at radius 1 is 0.733 bits per heavy atom. The predicted molar refractivity (Wildman–Crippen MR) is 121 cm³/mol. The number of hydrogen-bond acceptors (Lipinski definition) is 6. The number of benzene rings is 2. The molecule has 0 amide bonds. The van der Waals surface area contributed by atoms with Gasteiger partial charge in [0.05, 0.1) is 19.9 Å². The summed E-state index contributed by atoms with van der Waals surface area (Å²) in [6.07, 6.45) is 0. The number of nitrogens with zero attached hydrogens (tertiary/aromatic N) is 2. The molecule has 0 aliphatic carbocycles. The van der Waals surface area contributed by atoms with Crippen molar-refractivity contribution in [1.29, 1.82) is 0 Å². The zero-order valence-corrected chi connectivity index (χ0v) is 18.9. The van der Waals surface area contributed by atoms with Crippen LogP contribution < -0.4 is 19.3 Å². The van der Waals surface area contributed by atoms with Crippen molar-refractivity contribution in [1.82, 2.24) is 0 Å². The molecule has 0 saturated carbocycles. The summed E-state index contributed by atoms with van der Waals surface area (Å²) in [6.45, 7) is 11.3. The fourth-order valence-corrected chi connectivity index (χ4v) is 4.14. The van der Waals surface area contributed by atoms with Gasteiger partial charge < -0.3 is 28.7 Å². The van der Waals surface area contributed by atoms with E-state index in [0.29, 0.717) is 26.4 Å². The topological polar surface area (TPSA) is 43.4 Å². The lowest BCUT2D eigenvalue weighted by Gasteiger charge is -2.27. The Kier molecular flexibility index (Phi) is 7.82. The lowest BCUT2D eigenvalue weighted by atomic mass is 10.0. The SMILES string of the molecule is COCCOc1cccc(OCCOC)c1N1CCN(c2c(C)cc(C)cc2C)C1. The van der Waals surface area contributed by atoms with Gasteiger partial charge in [-0.05, 0) is 44.0 Å². The third-order valence-corrected chi connectivity index (χ3v) is 5.30. The van der Waals surface area contributed by atoms with E-state index in [9.17, 15) is 0 Å². The van der Waals surface area contributed by atoms with Crippen molar-refractivity contribution in [2.24, 2.45) is 0 Å². The standard InChI is InChI=1S/C24H34N2O4/c1-18-15-19(2)23(20(3)16-18)25-9-10-26(17-25)24-21(29-13-11-27-4)7-6-8-22(24)30-14-12-28-5/h6-8,15-16H,9-14,17H2,1-5H3. The molecule has 6 heteroatoms. The summed E-state index contributed by atoms with van der Waals surface area (Å²) in [7, 11) is 3.36. The molecule has 1 saturated heterocycles. The first-order chi connectivity index (χ1) is 14.5. The average molecular weight is 415 g/mol. The molecule has 0 N–H and O–H groups in total. The predicted octanol–water partition coefficient (Wildman–Crippen LogP) is 3.95.